The van der Waals surface area contributed by atoms with Gasteiger partial charge in [0.05, 0.1) is 5.56 Å². The zero-order valence-corrected chi connectivity index (χ0v) is 11.4. The van der Waals surface area contributed by atoms with Gasteiger partial charge in [0.2, 0.25) is 0 Å². The number of aromatic nitrogens is 1. The van der Waals surface area contributed by atoms with E-state index >= 15 is 0 Å². The summed E-state index contributed by atoms with van der Waals surface area (Å²) in [4.78, 5) is 6.01. The van der Waals surface area contributed by atoms with Crippen molar-refractivity contribution in [2.75, 3.05) is 23.4 Å². The van der Waals surface area contributed by atoms with Crippen LogP contribution in [0, 0.1) is 5.92 Å². The molecule has 20 heavy (non-hydrogen) atoms. The molecule has 0 radical (unpaired) electrons. The van der Waals surface area contributed by atoms with Crippen LogP contribution in [0.1, 0.15) is 31.7 Å². The van der Waals surface area contributed by atoms with E-state index in [9.17, 15) is 13.2 Å². The third-order valence-electron chi connectivity index (χ3n) is 3.70. The van der Waals surface area contributed by atoms with Gasteiger partial charge in [0, 0.05) is 13.1 Å². The maximum Gasteiger partial charge on any atom is 0.416 e. The molecule has 0 unspecified atom stereocenters. The molecule has 1 heterocycles. The van der Waals surface area contributed by atoms with Crippen molar-refractivity contribution in [3.8, 4) is 0 Å². The van der Waals surface area contributed by atoms with Crippen LogP contribution in [0.25, 0.3) is 0 Å². The largest absolute Gasteiger partial charge is 0.416 e. The Hall–Kier alpha value is -1.50. The predicted molar refractivity (Wildman–Crippen MR) is 72.3 cm³/mol. The summed E-state index contributed by atoms with van der Waals surface area (Å²) in [5, 5.41) is 0. The third-order valence-corrected chi connectivity index (χ3v) is 3.70. The molecule has 1 fully saturated rings. The summed E-state index contributed by atoms with van der Waals surface area (Å²) in [6.07, 6.45) is -0.929. The molecule has 0 amide bonds. The quantitative estimate of drug-likeness (QED) is 0.646. The summed E-state index contributed by atoms with van der Waals surface area (Å²) in [6.45, 7) is 3.28. The second-order valence-corrected chi connectivity index (χ2v) is 5.08. The van der Waals surface area contributed by atoms with Gasteiger partial charge in [-0.05, 0) is 37.8 Å². The molecule has 1 aliphatic rings. The fourth-order valence-corrected chi connectivity index (χ4v) is 2.29. The average molecular weight is 288 g/mol. The van der Waals surface area contributed by atoms with E-state index < -0.39 is 11.7 Å². The Morgan fingerprint density at radius 2 is 2.10 bits per heavy atom. The molecule has 1 aromatic heterocycles. The van der Waals surface area contributed by atoms with E-state index in [0.717, 1.165) is 31.5 Å². The van der Waals surface area contributed by atoms with E-state index in [2.05, 4.69) is 10.4 Å². The van der Waals surface area contributed by atoms with Crippen molar-refractivity contribution in [3.63, 3.8) is 0 Å². The fraction of sp³-hybridized carbons (Fsp3) is 0.615. The van der Waals surface area contributed by atoms with Gasteiger partial charge < -0.3 is 10.3 Å². The summed E-state index contributed by atoms with van der Waals surface area (Å²) in [5.41, 5.74) is 1.47. The van der Waals surface area contributed by atoms with Crippen LogP contribution in [-0.4, -0.2) is 18.1 Å². The van der Waals surface area contributed by atoms with E-state index in [-0.39, 0.29) is 5.82 Å². The number of hydrogen-bond donors (Lipinski definition) is 2. The molecule has 0 atom stereocenters. The lowest BCUT2D eigenvalue weighted by Gasteiger charge is -2.32. The SMILES string of the molecule is CCN(CC1CCC1)c1cc(C(F)(F)F)cc(NN)n1. The van der Waals surface area contributed by atoms with Crippen molar-refractivity contribution >= 4 is 11.6 Å². The van der Waals surface area contributed by atoms with Crippen LogP contribution in [0.15, 0.2) is 12.1 Å². The summed E-state index contributed by atoms with van der Waals surface area (Å²) in [7, 11) is 0. The second-order valence-electron chi connectivity index (χ2n) is 5.08. The van der Waals surface area contributed by atoms with Gasteiger partial charge in [0.25, 0.3) is 0 Å². The molecule has 0 saturated heterocycles. The van der Waals surface area contributed by atoms with Crippen LogP contribution in [0.2, 0.25) is 0 Å². The highest BCUT2D eigenvalue weighted by Gasteiger charge is 2.32. The normalized spacial score (nSPS) is 15.8. The number of anilines is 2. The molecular formula is C13H19F3N4. The standard InChI is InChI=1S/C13H19F3N4/c1-2-20(8-9-4-3-5-9)12-7-10(13(14,15)16)6-11(18-12)19-17/h6-7,9H,2-5,8,17H2,1H3,(H,18,19). The molecule has 0 aliphatic heterocycles. The number of rotatable bonds is 5. The lowest BCUT2D eigenvalue weighted by molar-refractivity contribution is -0.137. The highest BCUT2D eigenvalue weighted by Crippen LogP contribution is 2.34. The number of halogens is 3. The monoisotopic (exact) mass is 288 g/mol. The summed E-state index contributed by atoms with van der Waals surface area (Å²) >= 11 is 0. The molecule has 112 valence electrons. The van der Waals surface area contributed by atoms with Gasteiger partial charge in [0.15, 0.2) is 0 Å². The van der Waals surface area contributed by atoms with Crippen LogP contribution in [0.3, 0.4) is 0 Å². The van der Waals surface area contributed by atoms with Crippen molar-refractivity contribution in [1.29, 1.82) is 0 Å². The molecule has 1 aromatic rings. The lowest BCUT2D eigenvalue weighted by atomic mass is 9.85. The van der Waals surface area contributed by atoms with Gasteiger partial charge in [-0.15, -0.1) is 0 Å². The Bertz CT molecular complexity index is 457. The van der Waals surface area contributed by atoms with Crippen LogP contribution < -0.4 is 16.2 Å². The molecule has 7 heteroatoms. The molecule has 4 nitrogen and oxygen atoms in total. The first-order chi connectivity index (χ1) is 9.44. The minimum atomic E-state index is -4.40. The Labute approximate surface area is 116 Å². The lowest BCUT2D eigenvalue weighted by Crippen LogP contribution is -2.33. The summed E-state index contributed by atoms with van der Waals surface area (Å²) < 4.78 is 38.6. The highest BCUT2D eigenvalue weighted by molar-refractivity contribution is 5.51. The molecule has 0 bridgehead atoms. The third kappa shape index (κ3) is 3.33. The number of hydrogen-bond acceptors (Lipinski definition) is 4. The van der Waals surface area contributed by atoms with E-state index in [1.54, 1.807) is 0 Å². The number of pyridine rings is 1. The smallest absolute Gasteiger partial charge is 0.357 e. The molecule has 0 spiro atoms. The van der Waals surface area contributed by atoms with Crippen LogP contribution in [0.4, 0.5) is 24.8 Å². The van der Waals surface area contributed by atoms with E-state index in [1.165, 1.54) is 6.42 Å². The van der Waals surface area contributed by atoms with Gasteiger partial charge in [0.1, 0.15) is 11.6 Å². The molecular weight excluding hydrogens is 269 g/mol. The maximum atomic E-state index is 12.9. The average Bonchev–Trinajstić information content (AvgIpc) is 2.36. The van der Waals surface area contributed by atoms with Crippen molar-refractivity contribution in [2.45, 2.75) is 32.4 Å². The predicted octanol–water partition coefficient (Wildman–Crippen LogP) is 3.01. The van der Waals surface area contributed by atoms with Gasteiger partial charge >= 0.3 is 6.18 Å². The van der Waals surface area contributed by atoms with E-state index in [0.29, 0.717) is 18.3 Å². The Morgan fingerprint density at radius 3 is 2.55 bits per heavy atom. The number of nitrogens with one attached hydrogen (secondary N) is 1. The van der Waals surface area contributed by atoms with E-state index in [4.69, 9.17) is 5.84 Å². The number of alkyl halides is 3. The van der Waals surface area contributed by atoms with Gasteiger partial charge in [-0.2, -0.15) is 13.2 Å². The van der Waals surface area contributed by atoms with Crippen LogP contribution in [0.5, 0.6) is 0 Å². The minimum absolute atomic E-state index is 0.0295. The van der Waals surface area contributed by atoms with Crippen molar-refractivity contribution in [3.05, 3.63) is 17.7 Å². The highest BCUT2D eigenvalue weighted by atomic mass is 19.4. The molecule has 0 aromatic carbocycles. The van der Waals surface area contributed by atoms with Crippen LogP contribution in [-0.2, 0) is 6.18 Å². The van der Waals surface area contributed by atoms with Crippen molar-refractivity contribution < 1.29 is 13.2 Å². The van der Waals surface area contributed by atoms with Gasteiger partial charge in [-0.1, -0.05) is 6.42 Å². The molecule has 1 saturated carbocycles. The molecule has 1 aliphatic carbocycles. The second kappa shape index (κ2) is 5.87. The summed E-state index contributed by atoms with van der Waals surface area (Å²) in [5.74, 6) is 6.12. The number of nitrogen functional groups attached to an aromatic ring is 1. The zero-order chi connectivity index (χ0) is 14.8. The minimum Gasteiger partial charge on any atom is -0.357 e. The van der Waals surface area contributed by atoms with E-state index in [1.807, 2.05) is 11.8 Å². The Kier molecular flexibility index (Phi) is 4.37. The fourth-order valence-electron chi connectivity index (χ4n) is 2.29. The Morgan fingerprint density at radius 1 is 1.40 bits per heavy atom. The molecule has 3 N–H and O–H groups in total. The van der Waals surface area contributed by atoms with Gasteiger partial charge in [-0.3, -0.25) is 0 Å². The zero-order valence-electron chi connectivity index (χ0n) is 11.4. The summed E-state index contributed by atoms with van der Waals surface area (Å²) in [6, 6.07) is 2.00. The first-order valence-corrected chi connectivity index (χ1v) is 6.75. The Balaban J connectivity index is 2.27. The number of nitrogens with two attached hydrogens (primary N) is 1. The van der Waals surface area contributed by atoms with Gasteiger partial charge in [-0.25, -0.2) is 10.8 Å². The maximum absolute atomic E-state index is 12.9. The number of hydrazine groups is 1. The number of nitrogens with zero attached hydrogens (tertiary/aromatic N) is 2. The topological polar surface area (TPSA) is 54.2 Å². The first-order valence-electron chi connectivity index (χ1n) is 6.75. The first kappa shape index (κ1) is 14.9. The molecule has 2 rings (SSSR count). The van der Waals surface area contributed by atoms with Crippen molar-refractivity contribution in [2.24, 2.45) is 11.8 Å². The van der Waals surface area contributed by atoms with Crippen molar-refractivity contribution in [1.82, 2.24) is 4.98 Å². The van der Waals surface area contributed by atoms with Crippen LogP contribution >= 0.6 is 0 Å².